The molecular weight excluding hydrogens is 354 g/mol. The van der Waals surface area contributed by atoms with E-state index >= 15 is 0 Å². The fourth-order valence-electron chi connectivity index (χ4n) is 2.88. The van der Waals surface area contributed by atoms with Crippen molar-refractivity contribution in [2.75, 3.05) is 13.1 Å². The lowest BCUT2D eigenvalue weighted by molar-refractivity contribution is -0.148. The zero-order valence-corrected chi connectivity index (χ0v) is 14.5. The van der Waals surface area contributed by atoms with E-state index in [1.54, 1.807) is 18.5 Å². The van der Waals surface area contributed by atoms with Crippen LogP contribution in [0.25, 0.3) is 11.4 Å². The van der Waals surface area contributed by atoms with E-state index in [9.17, 15) is 14.4 Å². The number of carboxylic acids is 1. The van der Waals surface area contributed by atoms with Crippen molar-refractivity contribution in [3.63, 3.8) is 0 Å². The highest BCUT2D eigenvalue weighted by Crippen LogP contribution is 2.16. The van der Waals surface area contributed by atoms with Crippen molar-refractivity contribution in [3.05, 3.63) is 30.4 Å². The Morgan fingerprint density at radius 3 is 3.00 bits per heavy atom. The second-order valence-electron chi connectivity index (χ2n) is 6.10. The summed E-state index contributed by atoms with van der Waals surface area (Å²) in [6, 6.07) is 2.62. The van der Waals surface area contributed by atoms with Crippen LogP contribution in [0.4, 0.5) is 0 Å². The van der Waals surface area contributed by atoms with Gasteiger partial charge in [0.1, 0.15) is 6.04 Å². The molecule has 1 fully saturated rings. The van der Waals surface area contributed by atoms with Gasteiger partial charge in [-0.1, -0.05) is 5.16 Å². The number of aliphatic carboxylic acids is 1. The number of carboxylic acid groups (broad SMARTS) is 1. The van der Waals surface area contributed by atoms with Crippen LogP contribution in [-0.4, -0.2) is 62.0 Å². The molecule has 3 heterocycles. The van der Waals surface area contributed by atoms with Crippen molar-refractivity contribution >= 4 is 17.8 Å². The summed E-state index contributed by atoms with van der Waals surface area (Å²) in [6.07, 6.45) is 3.88. The van der Waals surface area contributed by atoms with Gasteiger partial charge in [-0.05, 0) is 18.6 Å². The van der Waals surface area contributed by atoms with Crippen molar-refractivity contribution in [2.45, 2.75) is 31.7 Å². The fraction of sp³-hybridized carbons (Fsp3) is 0.412. The number of aromatic nitrogens is 3. The first-order valence-corrected chi connectivity index (χ1v) is 8.56. The van der Waals surface area contributed by atoms with Gasteiger partial charge in [0.15, 0.2) is 0 Å². The van der Waals surface area contributed by atoms with Gasteiger partial charge in [-0.15, -0.1) is 0 Å². The van der Waals surface area contributed by atoms with Crippen LogP contribution in [0, 0.1) is 0 Å². The van der Waals surface area contributed by atoms with E-state index in [1.807, 2.05) is 6.07 Å². The van der Waals surface area contributed by atoms with Crippen LogP contribution in [0.15, 0.2) is 29.0 Å². The first kappa shape index (κ1) is 18.5. The summed E-state index contributed by atoms with van der Waals surface area (Å²) in [5, 5.41) is 15.4. The van der Waals surface area contributed by atoms with E-state index < -0.39 is 24.3 Å². The molecule has 0 radical (unpaired) electrons. The van der Waals surface area contributed by atoms with Gasteiger partial charge in [-0.2, -0.15) is 4.98 Å². The van der Waals surface area contributed by atoms with E-state index in [0.29, 0.717) is 37.6 Å². The maximum Gasteiger partial charge on any atom is 0.305 e. The smallest absolute Gasteiger partial charge is 0.305 e. The number of aryl methyl sites for hydroxylation is 1. The molecule has 2 amide bonds. The summed E-state index contributed by atoms with van der Waals surface area (Å²) < 4.78 is 5.18. The van der Waals surface area contributed by atoms with Crippen molar-refractivity contribution in [3.8, 4) is 11.4 Å². The molecule has 27 heavy (non-hydrogen) atoms. The molecule has 0 saturated carbocycles. The number of rotatable bonds is 7. The Morgan fingerprint density at radius 2 is 2.26 bits per heavy atom. The molecule has 2 N–H and O–H groups in total. The summed E-state index contributed by atoms with van der Waals surface area (Å²) in [7, 11) is 0. The molecular formula is C17H19N5O5. The number of carbonyl (C=O) groups is 3. The minimum absolute atomic E-state index is 0.161. The van der Waals surface area contributed by atoms with Crippen molar-refractivity contribution in [1.82, 2.24) is 25.3 Å². The first-order chi connectivity index (χ1) is 13.0. The second-order valence-corrected chi connectivity index (χ2v) is 6.10. The molecule has 1 aliphatic rings. The standard InChI is InChI=1S/C17H19N5O5/c23-14(22-8-7-19-17(26)12(22)9-15(24)25)5-1-4-13-20-16(21-27-13)11-3-2-6-18-10-11/h2-3,6,10,12H,1,4-5,7-9H2,(H,19,26)(H,24,25). The van der Waals surface area contributed by atoms with Crippen LogP contribution in [0.5, 0.6) is 0 Å². The molecule has 1 atom stereocenters. The lowest BCUT2D eigenvalue weighted by Gasteiger charge is -2.34. The van der Waals surface area contributed by atoms with E-state index in [0.717, 1.165) is 5.56 Å². The van der Waals surface area contributed by atoms with E-state index in [2.05, 4.69) is 20.4 Å². The Bertz CT molecular complexity index is 822. The zero-order valence-electron chi connectivity index (χ0n) is 14.5. The average Bonchev–Trinajstić information content (AvgIpc) is 3.12. The molecule has 0 bridgehead atoms. The first-order valence-electron chi connectivity index (χ1n) is 8.56. The van der Waals surface area contributed by atoms with Gasteiger partial charge in [0.25, 0.3) is 0 Å². The Hall–Kier alpha value is -3.30. The lowest BCUT2D eigenvalue weighted by Crippen LogP contribution is -2.57. The maximum atomic E-state index is 12.4. The molecule has 10 heteroatoms. The molecule has 3 rings (SSSR count). The molecule has 1 aliphatic heterocycles. The average molecular weight is 373 g/mol. The summed E-state index contributed by atoms with van der Waals surface area (Å²) in [5.74, 6) is -0.986. The molecule has 0 spiro atoms. The quantitative estimate of drug-likeness (QED) is 0.704. The molecule has 1 saturated heterocycles. The second kappa shape index (κ2) is 8.39. The Kier molecular flexibility index (Phi) is 5.74. The Morgan fingerprint density at radius 1 is 1.41 bits per heavy atom. The van der Waals surface area contributed by atoms with E-state index in [4.69, 9.17) is 9.63 Å². The van der Waals surface area contributed by atoms with Gasteiger partial charge < -0.3 is 19.8 Å². The Balaban J connectivity index is 1.54. The van der Waals surface area contributed by atoms with Gasteiger partial charge in [-0.3, -0.25) is 19.4 Å². The molecule has 2 aromatic rings. The summed E-state index contributed by atoms with van der Waals surface area (Å²) in [5.41, 5.74) is 0.736. The number of nitrogens with one attached hydrogen (secondary N) is 1. The summed E-state index contributed by atoms with van der Waals surface area (Å²) in [4.78, 5) is 44.9. The normalized spacial score (nSPS) is 16.8. The number of hydrogen-bond donors (Lipinski definition) is 2. The van der Waals surface area contributed by atoms with Crippen LogP contribution in [0.1, 0.15) is 25.2 Å². The highest BCUT2D eigenvalue weighted by Gasteiger charge is 2.34. The zero-order chi connectivity index (χ0) is 19.2. The number of amides is 2. The number of pyridine rings is 1. The van der Waals surface area contributed by atoms with Gasteiger partial charge in [-0.25, -0.2) is 0 Å². The van der Waals surface area contributed by atoms with Gasteiger partial charge in [0, 0.05) is 43.9 Å². The van der Waals surface area contributed by atoms with Gasteiger partial charge in [0.2, 0.25) is 23.5 Å². The van der Waals surface area contributed by atoms with E-state index in [-0.39, 0.29) is 12.3 Å². The molecule has 1 unspecified atom stereocenters. The minimum atomic E-state index is -1.12. The topological polar surface area (TPSA) is 139 Å². The third kappa shape index (κ3) is 4.66. The molecule has 2 aromatic heterocycles. The fourth-order valence-corrected chi connectivity index (χ4v) is 2.88. The number of nitrogens with zero attached hydrogens (tertiary/aromatic N) is 4. The highest BCUT2D eigenvalue weighted by atomic mass is 16.5. The van der Waals surface area contributed by atoms with Crippen molar-refractivity contribution in [1.29, 1.82) is 0 Å². The molecule has 0 aliphatic carbocycles. The van der Waals surface area contributed by atoms with Crippen LogP contribution in [-0.2, 0) is 20.8 Å². The summed E-state index contributed by atoms with van der Waals surface area (Å²) in [6.45, 7) is 0.618. The molecule has 0 aromatic carbocycles. The number of carbonyl (C=O) groups excluding carboxylic acids is 2. The van der Waals surface area contributed by atoms with Gasteiger partial charge >= 0.3 is 5.97 Å². The number of hydrogen-bond acceptors (Lipinski definition) is 7. The lowest BCUT2D eigenvalue weighted by atomic mass is 10.1. The molecule has 10 nitrogen and oxygen atoms in total. The van der Waals surface area contributed by atoms with Gasteiger partial charge in [0.05, 0.1) is 6.42 Å². The summed E-state index contributed by atoms with van der Waals surface area (Å²) >= 11 is 0. The third-order valence-corrected chi connectivity index (χ3v) is 4.19. The van der Waals surface area contributed by atoms with Crippen molar-refractivity contribution in [2.24, 2.45) is 0 Å². The Labute approximate surface area is 154 Å². The number of piperazine rings is 1. The largest absolute Gasteiger partial charge is 0.481 e. The SMILES string of the molecule is O=C(O)CC1C(=O)NCCN1C(=O)CCCc1nc(-c2cccnc2)no1. The van der Waals surface area contributed by atoms with Crippen LogP contribution in [0.2, 0.25) is 0 Å². The predicted molar refractivity (Wildman–Crippen MR) is 91.2 cm³/mol. The monoisotopic (exact) mass is 373 g/mol. The highest BCUT2D eigenvalue weighted by molar-refractivity contribution is 5.91. The van der Waals surface area contributed by atoms with E-state index in [1.165, 1.54) is 4.90 Å². The predicted octanol–water partition coefficient (Wildman–Crippen LogP) is 0.256. The molecule has 142 valence electrons. The van der Waals surface area contributed by atoms with Crippen LogP contribution < -0.4 is 5.32 Å². The van der Waals surface area contributed by atoms with Crippen LogP contribution in [0.3, 0.4) is 0 Å². The minimum Gasteiger partial charge on any atom is -0.481 e. The van der Waals surface area contributed by atoms with Crippen LogP contribution >= 0.6 is 0 Å². The van der Waals surface area contributed by atoms with Crippen molar-refractivity contribution < 1.29 is 24.0 Å². The maximum absolute atomic E-state index is 12.4. The third-order valence-electron chi connectivity index (χ3n) is 4.19.